The fourth-order valence-corrected chi connectivity index (χ4v) is 5.28. The molecule has 0 saturated heterocycles. The number of hydrazine groups is 1. The zero-order chi connectivity index (χ0) is 25.8. The maximum absolute atomic E-state index is 13.2. The lowest BCUT2D eigenvalue weighted by atomic mass is 9.86. The van der Waals surface area contributed by atoms with Gasteiger partial charge in [-0.25, -0.2) is 20.0 Å². The van der Waals surface area contributed by atoms with Crippen molar-refractivity contribution in [2.75, 3.05) is 19.8 Å². The molecule has 1 saturated carbocycles. The summed E-state index contributed by atoms with van der Waals surface area (Å²) < 4.78 is 10.8. The van der Waals surface area contributed by atoms with Crippen LogP contribution < -0.4 is 5.43 Å². The molecule has 0 aromatic rings. The van der Waals surface area contributed by atoms with Gasteiger partial charge in [-0.3, -0.25) is 4.79 Å². The van der Waals surface area contributed by atoms with E-state index in [9.17, 15) is 19.5 Å². The minimum absolute atomic E-state index is 0.0177. The molecular formula is C24H48N2O6Si2. The van der Waals surface area contributed by atoms with E-state index < -0.39 is 34.3 Å². The zero-order valence-corrected chi connectivity index (χ0v) is 24.3. The van der Waals surface area contributed by atoms with Crippen molar-refractivity contribution in [1.29, 1.82) is 0 Å². The van der Waals surface area contributed by atoms with Crippen molar-refractivity contribution in [3.63, 3.8) is 0 Å². The Hall–Kier alpha value is -1.40. The van der Waals surface area contributed by atoms with Crippen LogP contribution in [-0.4, -0.2) is 70.1 Å². The molecule has 1 fully saturated rings. The van der Waals surface area contributed by atoms with E-state index in [0.29, 0.717) is 5.92 Å². The van der Waals surface area contributed by atoms with Crippen LogP contribution in [0.3, 0.4) is 0 Å². The van der Waals surface area contributed by atoms with Crippen LogP contribution in [0.25, 0.3) is 0 Å². The highest BCUT2D eigenvalue weighted by atomic mass is 28.3. The normalized spacial score (nSPS) is 16.0. The molecule has 0 heterocycles. The van der Waals surface area contributed by atoms with E-state index in [-0.39, 0.29) is 38.6 Å². The van der Waals surface area contributed by atoms with E-state index in [2.05, 4.69) is 44.7 Å². The number of carbonyl (C=O) groups excluding carboxylic acids is 3. The Morgan fingerprint density at radius 3 is 2.03 bits per heavy atom. The Balaban J connectivity index is 2.87. The standard InChI is InChI=1S/C24H48N2O6Si2/c1-33(2,3)18-16-31-23(29)21(14-15-27)26(25-24(30)32-17-19-34(4,5)6)22(28)13-12-20-10-8-7-9-11-20/h20-21,27H,7-19H2,1-6H3,(H,25,30)/t21-/m0/s1. The summed E-state index contributed by atoms with van der Waals surface area (Å²) in [5.41, 5.74) is 2.50. The number of amides is 2. The molecule has 0 aromatic heterocycles. The third kappa shape index (κ3) is 13.5. The highest BCUT2D eigenvalue weighted by Gasteiger charge is 2.33. The molecular weight excluding hydrogens is 468 g/mol. The number of hydrogen-bond donors (Lipinski definition) is 2. The average Bonchev–Trinajstić information content (AvgIpc) is 2.73. The van der Waals surface area contributed by atoms with E-state index in [1.165, 1.54) is 19.3 Å². The molecule has 0 aliphatic heterocycles. The lowest BCUT2D eigenvalue weighted by Crippen LogP contribution is -2.56. The lowest BCUT2D eigenvalue weighted by molar-refractivity contribution is -0.158. The first-order valence-electron chi connectivity index (χ1n) is 12.9. The summed E-state index contributed by atoms with van der Waals surface area (Å²) in [5, 5.41) is 10.6. The van der Waals surface area contributed by atoms with Gasteiger partial charge in [-0.2, -0.15) is 0 Å². The number of aliphatic hydroxyl groups excluding tert-OH is 1. The molecule has 0 unspecified atom stereocenters. The molecule has 2 amide bonds. The van der Waals surface area contributed by atoms with Crippen molar-refractivity contribution in [3.05, 3.63) is 0 Å². The largest absolute Gasteiger partial charge is 0.464 e. The van der Waals surface area contributed by atoms with Gasteiger partial charge < -0.3 is 14.6 Å². The summed E-state index contributed by atoms with van der Waals surface area (Å²) in [6, 6.07) is 0.511. The van der Waals surface area contributed by atoms with Crippen molar-refractivity contribution in [2.45, 2.75) is 109 Å². The van der Waals surface area contributed by atoms with Gasteiger partial charge in [0.2, 0.25) is 5.91 Å². The average molecular weight is 517 g/mol. The summed E-state index contributed by atoms with van der Waals surface area (Å²) in [4.78, 5) is 38.6. The SMILES string of the molecule is C[Si](C)(C)CCOC(=O)NN(C(=O)CCC1CCCCC1)[C@@H](CCO)C(=O)OCC[Si](C)(C)C. The molecule has 1 aliphatic carbocycles. The second kappa shape index (κ2) is 14.9. The highest BCUT2D eigenvalue weighted by Crippen LogP contribution is 2.27. The third-order valence-corrected chi connectivity index (χ3v) is 9.55. The summed E-state index contributed by atoms with van der Waals surface area (Å²) in [7, 11) is -2.80. The van der Waals surface area contributed by atoms with Gasteiger partial charge >= 0.3 is 12.1 Å². The van der Waals surface area contributed by atoms with Crippen LogP contribution in [0.15, 0.2) is 0 Å². The minimum Gasteiger partial charge on any atom is -0.464 e. The van der Waals surface area contributed by atoms with Crippen LogP contribution in [0.4, 0.5) is 4.79 Å². The topological polar surface area (TPSA) is 105 Å². The van der Waals surface area contributed by atoms with Gasteiger partial charge in [-0.05, 0) is 24.4 Å². The molecule has 10 heteroatoms. The number of aliphatic hydroxyl groups is 1. The van der Waals surface area contributed by atoms with Crippen LogP contribution in [0.1, 0.15) is 51.4 Å². The predicted octanol–water partition coefficient (Wildman–Crippen LogP) is 4.79. The Kier molecular flexibility index (Phi) is 13.4. The number of nitrogens with zero attached hydrogens (tertiary/aromatic N) is 1. The molecule has 1 atom stereocenters. The Bertz CT molecular complexity index is 642. The number of esters is 1. The lowest BCUT2D eigenvalue weighted by Gasteiger charge is -2.31. The third-order valence-electron chi connectivity index (χ3n) is 6.14. The van der Waals surface area contributed by atoms with E-state index in [1.807, 2.05) is 0 Å². The molecule has 0 radical (unpaired) electrons. The molecule has 0 spiro atoms. The van der Waals surface area contributed by atoms with Gasteiger partial charge in [-0.1, -0.05) is 71.4 Å². The monoisotopic (exact) mass is 516 g/mol. The van der Waals surface area contributed by atoms with Gasteiger partial charge in [0.15, 0.2) is 6.04 Å². The number of hydrogen-bond acceptors (Lipinski definition) is 6. The first-order valence-corrected chi connectivity index (χ1v) is 20.3. The quantitative estimate of drug-likeness (QED) is 0.207. The molecule has 8 nitrogen and oxygen atoms in total. The van der Waals surface area contributed by atoms with Crippen molar-refractivity contribution in [2.24, 2.45) is 5.92 Å². The summed E-state index contributed by atoms with van der Waals surface area (Å²) in [5.74, 6) is -0.475. The van der Waals surface area contributed by atoms with Crippen LogP contribution in [0.5, 0.6) is 0 Å². The van der Waals surface area contributed by atoms with Crippen LogP contribution in [-0.2, 0) is 19.1 Å². The highest BCUT2D eigenvalue weighted by molar-refractivity contribution is 6.76. The Morgan fingerprint density at radius 2 is 1.50 bits per heavy atom. The minimum atomic E-state index is -1.41. The van der Waals surface area contributed by atoms with Gasteiger partial charge in [0, 0.05) is 35.6 Å². The summed E-state index contributed by atoms with van der Waals surface area (Å²) in [6.07, 6.45) is 5.99. The zero-order valence-electron chi connectivity index (χ0n) is 22.3. The van der Waals surface area contributed by atoms with Gasteiger partial charge in [0.25, 0.3) is 0 Å². The molecule has 1 aliphatic rings. The van der Waals surface area contributed by atoms with Crippen LogP contribution >= 0.6 is 0 Å². The molecule has 34 heavy (non-hydrogen) atoms. The second-order valence-electron chi connectivity index (χ2n) is 11.9. The van der Waals surface area contributed by atoms with Crippen molar-refractivity contribution < 1.29 is 29.0 Å². The summed E-state index contributed by atoms with van der Waals surface area (Å²) >= 11 is 0. The van der Waals surface area contributed by atoms with Gasteiger partial charge in [-0.15, -0.1) is 0 Å². The van der Waals surface area contributed by atoms with Crippen LogP contribution in [0, 0.1) is 5.92 Å². The van der Waals surface area contributed by atoms with Crippen molar-refractivity contribution in [3.8, 4) is 0 Å². The number of carbonyl (C=O) groups is 3. The van der Waals surface area contributed by atoms with Crippen molar-refractivity contribution in [1.82, 2.24) is 10.4 Å². The van der Waals surface area contributed by atoms with Gasteiger partial charge in [0.05, 0.1) is 13.2 Å². The fourth-order valence-electron chi connectivity index (χ4n) is 3.85. The number of rotatable bonds is 13. The molecule has 1 rings (SSSR count). The predicted molar refractivity (Wildman–Crippen MR) is 140 cm³/mol. The molecule has 0 aromatic carbocycles. The molecule has 2 N–H and O–H groups in total. The summed E-state index contributed by atoms with van der Waals surface area (Å²) in [6.45, 7) is 13.3. The maximum atomic E-state index is 13.2. The van der Waals surface area contributed by atoms with E-state index >= 15 is 0 Å². The Morgan fingerprint density at radius 1 is 0.941 bits per heavy atom. The van der Waals surface area contributed by atoms with Gasteiger partial charge in [0.1, 0.15) is 0 Å². The van der Waals surface area contributed by atoms with Crippen molar-refractivity contribution >= 4 is 34.1 Å². The van der Waals surface area contributed by atoms with E-state index in [0.717, 1.165) is 36.4 Å². The molecule has 198 valence electrons. The van der Waals surface area contributed by atoms with E-state index in [1.54, 1.807) is 0 Å². The smallest absolute Gasteiger partial charge is 0.426 e. The second-order valence-corrected chi connectivity index (χ2v) is 23.1. The molecule has 0 bridgehead atoms. The van der Waals surface area contributed by atoms with Crippen LogP contribution in [0.2, 0.25) is 51.4 Å². The first-order chi connectivity index (χ1) is 15.8. The Labute approximate surface area is 208 Å². The maximum Gasteiger partial charge on any atom is 0.426 e. The van der Waals surface area contributed by atoms with E-state index in [4.69, 9.17) is 9.47 Å². The number of ether oxygens (including phenoxy) is 2. The fraction of sp³-hybridized carbons (Fsp3) is 0.875. The first kappa shape index (κ1) is 30.6. The number of nitrogens with one attached hydrogen (secondary N) is 1.